The average Bonchev–Trinajstić information content (AvgIpc) is 2.83. The second kappa shape index (κ2) is 15.9. The summed E-state index contributed by atoms with van der Waals surface area (Å²) >= 11 is 0. The molecule has 0 bridgehead atoms. The number of likely N-dealkylation sites (tertiary alicyclic amines) is 1. The van der Waals surface area contributed by atoms with Gasteiger partial charge < -0.3 is 25.2 Å². The molecule has 1 amide bonds. The van der Waals surface area contributed by atoms with Gasteiger partial charge in [0.15, 0.2) is 0 Å². The molecule has 4 N–H and O–H groups in total. The van der Waals surface area contributed by atoms with Crippen LogP contribution >= 0.6 is 24.8 Å². The highest BCUT2D eigenvalue weighted by atomic mass is 35.5. The number of aliphatic hydroxyl groups is 1. The minimum Gasteiger partial charge on any atom is -0.491 e. The van der Waals surface area contributed by atoms with Crippen LogP contribution in [0.3, 0.4) is 0 Å². The van der Waals surface area contributed by atoms with E-state index in [1.807, 2.05) is 31.2 Å². The number of ether oxygens (including phenoxy) is 2. The van der Waals surface area contributed by atoms with Gasteiger partial charge in [-0.05, 0) is 68.3 Å². The largest absolute Gasteiger partial charge is 0.491 e. The number of hydrogen-bond acceptors (Lipinski definition) is 6. The monoisotopic (exact) mass is 563 g/mol. The number of alkyl halides is 2. The fraction of sp³-hybridized carbons (Fsp3) is 0.500. The molecule has 2 atom stereocenters. The van der Waals surface area contributed by atoms with Crippen LogP contribution in [0, 0.1) is 0 Å². The Hall–Kier alpha value is -2.17. The summed E-state index contributed by atoms with van der Waals surface area (Å²) in [6.45, 7) is 3.98. The Morgan fingerprint density at radius 3 is 2.27 bits per heavy atom. The average molecular weight is 565 g/mol. The van der Waals surface area contributed by atoms with Gasteiger partial charge >= 0.3 is 0 Å². The zero-order chi connectivity index (χ0) is 25.3. The zero-order valence-electron chi connectivity index (χ0n) is 20.9. The smallest absolute Gasteiger partial charge is 0.250 e. The van der Waals surface area contributed by atoms with E-state index in [1.165, 1.54) is 0 Å². The second-order valence-corrected chi connectivity index (χ2v) is 8.97. The van der Waals surface area contributed by atoms with E-state index in [0.717, 1.165) is 24.9 Å². The Morgan fingerprint density at radius 1 is 1.08 bits per heavy atom. The summed E-state index contributed by atoms with van der Waals surface area (Å²) in [5.41, 5.74) is 6.79. The first kappa shape index (κ1) is 32.9. The number of nitrogens with zero attached hydrogens (tertiary/aromatic N) is 1. The number of halogens is 4. The lowest BCUT2D eigenvalue weighted by molar-refractivity contribution is -0.0551. The highest BCUT2D eigenvalue weighted by Gasteiger charge is 2.33. The van der Waals surface area contributed by atoms with Crippen molar-refractivity contribution < 1.29 is 28.2 Å². The van der Waals surface area contributed by atoms with Gasteiger partial charge in [0, 0.05) is 38.0 Å². The molecule has 1 aliphatic rings. The van der Waals surface area contributed by atoms with Gasteiger partial charge in [0.1, 0.15) is 30.4 Å². The first-order valence-corrected chi connectivity index (χ1v) is 12.0. The summed E-state index contributed by atoms with van der Waals surface area (Å²) in [7, 11) is 0. The predicted molar refractivity (Wildman–Crippen MR) is 144 cm³/mol. The summed E-state index contributed by atoms with van der Waals surface area (Å²) in [6.07, 6.45) is 0.630. The molecule has 0 spiro atoms. The summed E-state index contributed by atoms with van der Waals surface area (Å²) in [5, 5.41) is 13.3. The number of benzene rings is 2. The first-order valence-electron chi connectivity index (χ1n) is 12.0. The van der Waals surface area contributed by atoms with E-state index in [4.69, 9.17) is 15.2 Å². The Bertz CT molecular complexity index is 926. The number of amides is 1. The Morgan fingerprint density at radius 2 is 1.68 bits per heavy atom. The van der Waals surface area contributed by atoms with Crippen molar-refractivity contribution in [3.8, 4) is 11.5 Å². The Labute approximate surface area is 229 Å². The Balaban J connectivity index is 0.00000342. The lowest BCUT2D eigenvalue weighted by atomic mass is 10.1. The number of nitrogens with two attached hydrogens (primary N) is 1. The number of carbonyl (C=O) groups is 1. The molecule has 7 nitrogen and oxygen atoms in total. The molecule has 37 heavy (non-hydrogen) atoms. The maximum absolute atomic E-state index is 13.2. The predicted octanol–water partition coefficient (Wildman–Crippen LogP) is 4.05. The molecule has 0 saturated carbocycles. The summed E-state index contributed by atoms with van der Waals surface area (Å²) in [4.78, 5) is 13.2. The van der Waals surface area contributed by atoms with Crippen LogP contribution in [0.25, 0.3) is 0 Å². The maximum Gasteiger partial charge on any atom is 0.250 e. The van der Waals surface area contributed by atoms with E-state index in [1.54, 1.807) is 24.3 Å². The summed E-state index contributed by atoms with van der Waals surface area (Å²) in [6, 6.07) is 14.2. The van der Waals surface area contributed by atoms with Crippen LogP contribution in [0.2, 0.25) is 0 Å². The van der Waals surface area contributed by atoms with Crippen molar-refractivity contribution in [3.05, 3.63) is 59.7 Å². The van der Waals surface area contributed by atoms with Crippen molar-refractivity contribution in [2.75, 3.05) is 32.8 Å². The third-order valence-corrected chi connectivity index (χ3v) is 5.99. The van der Waals surface area contributed by atoms with Crippen molar-refractivity contribution >= 4 is 30.7 Å². The van der Waals surface area contributed by atoms with E-state index >= 15 is 0 Å². The molecule has 1 saturated heterocycles. The molecule has 0 radical (unpaired) electrons. The van der Waals surface area contributed by atoms with Gasteiger partial charge in [-0.25, -0.2) is 8.78 Å². The van der Waals surface area contributed by atoms with Crippen LogP contribution in [-0.2, 0) is 6.42 Å². The molecular weight excluding hydrogens is 527 g/mol. The summed E-state index contributed by atoms with van der Waals surface area (Å²) in [5.74, 6) is -1.74. The summed E-state index contributed by atoms with van der Waals surface area (Å²) < 4.78 is 37.8. The molecule has 208 valence electrons. The van der Waals surface area contributed by atoms with Crippen LogP contribution in [0.4, 0.5) is 8.78 Å². The van der Waals surface area contributed by atoms with Crippen LogP contribution in [0.5, 0.6) is 11.5 Å². The normalized spacial score (nSPS) is 16.5. The molecule has 0 aromatic heterocycles. The highest BCUT2D eigenvalue weighted by molar-refractivity contribution is 5.92. The number of carbonyl (C=O) groups excluding carboxylic acids is 1. The number of hydrogen-bond donors (Lipinski definition) is 3. The standard InChI is InChI=1S/C26H35F2N3O4.2ClH/c1-19(35-24-10-6-21(7-11-24)25(29)33)30-17-22(32)18-34-23-8-4-20(5-9-23)3-2-14-31-15-12-26(27,28)13-16-31;;/h4-11,19,22,30,32H,2-3,12-18H2,1H3,(H2,29,33);2*1H. The molecule has 3 rings (SSSR count). The molecule has 1 fully saturated rings. The minimum absolute atomic E-state index is 0. The van der Waals surface area contributed by atoms with Crippen molar-refractivity contribution in [1.29, 1.82) is 0 Å². The van der Waals surface area contributed by atoms with Gasteiger partial charge in [0.05, 0.1) is 0 Å². The van der Waals surface area contributed by atoms with Gasteiger partial charge in [0.2, 0.25) is 5.91 Å². The van der Waals surface area contributed by atoms with E-state index in [0.29, 0.717) is 30.2 Å². The van der Waals surface area contributed by atoms with Crippen LogP contribution in [0.15, 0.2) is 48.5 Å². The van der Waals surface area contributed by atoms with Gasteiger partial charge in [-0.15, -0.1) is 24.8 Å². The van der Waals surface area contributed by atoms with Crippen LogP contribution in [0.1, 0.15) is 42.1 Å². The number of primary amides is 1. The van der Waals surface area contributed by atoms with E-state index in [-0.39, 0.29) is 57.0 Å². The lowest BCUT2D eigenvalue weighted by Gasteiger charge is -2.31. The van der Waals surface area contributed by atoms with Gasteiger partial charge in [-0.2, -0.15) is 0 Å². The highest BCUT2D eigenvalue weighted by Crippen LogP contribution is 2.27. The molecule has 1 heterocycles. The van der Waals surface area contributed by atoms with Crippen molar-refractivity contribution in [3.63, 3.8) is 0 Å². The number of rotatable bonds is 13. The van der Waals surface area contributed by atoms with Crippen molar-refractivity contribution in [2.45, 2.75) is 50.9 Å². The number of piperidine rings is 1. The molecule has 0 aliphatic carbocycles. The van der Waals surface area contributed by atoms with E-state index in [2.05, 4.69) is 10.2 Å². The lowest BCUT2D eigenvalue weighted by Crippen LogP contribution is -2.39. The SMILES string of the molecule is CC(NCC(O)COc1ccc(CCCN2CCC(F)(F)CC2)cc1)Oc1ccc(C(N)=O)cc1.Cl.Cl. The zero-order valence-corrected chi connectivity index (χ0v) is 22.5. The van der Waals surface area contributed by atoms with Crippen LogP contribution in [-0.4, -0.2) is 67.0 Å². The molecule has 1 aliphatic heterocycles. The third kappa shape index (κ3) is 11.8. The van der Waals surface area contributed by atoms with Gasteiger partial charge in [0.25, 0.3) is 5.92 Å². The second-order valence-electron chi connectivity index (χ2n) is 8.97. The Kier molecular flexibility index (Phi) is 14.2. The molecule has 2 unspecified atom stereocenters. The van der Waals surface area contributed by atoms with Crippen molar-refractivity contribution in [1.82, 2.24) is 10.2 Å². The molecule has 2 aromatic carbocycles. The fourth-order valence-corrected chi connectivity index (χ4v) is 3.86. The third-order valence-electron chi connectivity index (χ3n) is 5.99. The molecule has 2 aromatic rings. The number of nitrogens with one attached hydrogen (secondary N) is 1. The van der Waals surface area contributed by atoms with Crippen molar-refractivity contribution in [2.24, 2.45) is 5.73 Å². The number of aryl methyl sites for hydroxylation is 1. The van der Waals surface area contributed by atoms with Crippen LogP contribution < -0.4 is 20.5 Å². The van der Waals surface area contributed by atoms with E-state index < -0.39 is 17.9 Å². The van der Waals surface area contributed by atoms with E-state index in [9.17, 15) is 18.7 Å². The minimum atomic E-state index is -2.50. The number of aliphatic hydroxyl groups excluding tert-OH is 1. The molecular formula is C26H37Cl2F2N3O4. The molecule has 11 heteroatoms. The quantitative estimate of drug-likeness (QED) is 0.318. The maximum atomic E-state index is 13.2. The topological polar surface area (TPSA) is 97.0 Å². The van der Waals surface area contributed by atoms with Gasteiger partial charge in [-0.3, -0.25) is 10.1 Å². The fourth-order valence-electron chi connectivity index (χ4n) is 3.86. The van der Waals surface area contributed by atoms with Gasteiger partial charge in [-0.1, -0.05) is 12.1 Å². The first-order chi connectivity index (χ1) is 16.7.